The minimum absolute atomic E-state index is 0.147. The van der Waals surface area contributed by atoms with Gasteiger partial charge in [-0.1, -0.05) is 0 Å². The van der Waals surface area contributed by atoms with E-state index >= 15 is 0 Å². The Morgan fingerprint density at radius 3 is 2.67 bits per heavy atom. The summed E-state index contributed by atoms with van der Waals surface area (Å²) in [5, 5.41) is 7.54. The van der Waals surface area contributed by atoms with Crippen molar-refractivity contribution in [1.82, 2.24) is 9.21 Å². The Morgan fingerprint density at radius 2 is 2.06 bits per heavy atom. The summed E-state index contributed by atoms with van der Waals surface area (Å²) in [5.74, 6) is -1.28. The highest BCUT2D eigenvalue weighted by Gasteiger charge is 2.43. The standard InChI is InChI=1S/C11H20N2O4S/c1-8-6-12-5-3-4-10(12)7-13(8)18(16,17)9(2)11(14)15/h8-10H,3-7H2,1-2H3,(H,14,15). The lowest BCUT2D eigenvalue weighted by Gasteiger charge is -2.41. The number of fused-ring (bicyclic) bond motifs is 1. The van der Waals surface area contributed by atoms with E-state index in [0.717, 1.165) is 19.4 Å². The monoisotopic (exact) mass is 276 g/mol. The highest BCUT2D eigenvalue weighted by Crippen LogP contribution is 2.27. The zero-order chi connectivity index (χ0) is 13.5. The van der Waals surface area contributed by atoms with Gasteiger partial charge in [-0.05, 0) is 33.2 Å². The summed E-state index contributed by atoms with van der Waals surface area (Å²) >= 11 is 0. The van der Waals surface area contributed by atoms with Gasteiger partial charge in [0.15, 0.2) is 5.25 Å². The van der Waals surface area contributed by atoms with Crippen LogP contribution in [0.2, 0.25) is 0 Å². The fourth-order valence-electron chi connectivity index (χ4n) is 2.85. The smallest absolute Gasteiger partial charge is 0.323 e. The number of piperazine rings is 1. The lowest BCUT2D eigenvalue weighted by molar-refractivity contribution is -0.136. The van der Waals surface area contributed by atoms with Gasteiger partial charge in [0.25, 0.3) is 0 Å². The molecule has 0 amide bonds. The molecule has 7 heteroatoms. The number of hydrogen-bond donors (Lipinski definition) is 1. The first-order valence-electron chi connectivity index (χ1n) is 6.31. The van der Waals surface area contributed by atoms with Crippen molar-refractivity contribution in [2.75, 3.05) is 19.6 Å². The summed E-state index contributed by atoms with van der Waals surface area (Å²) in [4.78, 5) is 13.2. The zero-order valence-corrected chi connectivity index (χ0v) is 11.6. The molecular formula is C11H20N2O4S. The van der Waals surface area contributed by atoms with E-state index in [0.29, 0.717) is 13.1 Å². The van der Waals surface area contributed by atoms with Gasteiger partial charge in [-0.2, -0.15) is 4.31 Å². The molecule has 104 valence electrons. The summed E-state index contributed by atoms with van der Waals surface area (Å²) in [6.45, 7) is 5.25. The number of hydrogen-bond acceptors (Lipinski definition) is 4. The van der Waals surface area contributed by atoms with E-state index in [9.17, 15) is 13.2 Å². The van der Waals surface area contributed by atoms with Crippen molar-refractivity contribution in [3.63, 3.8) is 0 Å². The van der Waals surface area contributed by atoms with Gasteiger partial charge in [-0.15, -0.1) is 0 Å². The lowest BCUT2D eigenvalue weighted by Crippen LogP contribution is -2.58. The Labute approximate surface area is 108 Å². The van der Waals surface area contributed by atoms with Gasteiger partial charge >= 0.3 is 5.97 Å². The minimum atomic E-state index is -3.74. The third-order valence-corrected chi connectivity index (χ3v) is 6.26. The first-order valence-corrected chi connectivity index (χ1v) is 7.82. The fraction of sp³-hybridized carbons (Fsp3) is 0.909. The second-order valence-corrected chi connectivity index (χ2v) is 7.44. The molecule has 3 atom stereocenters. The molecule has 0 aromatic heterocycles. The van der Waals surface area contributed by atoms with Crippen molar-refractivity contribution in [2.45, 2.75) is 44.0 Å². The molecule has 0 radical (unpaired) electrons. The summed E-state index contributed by atoms with van der Waals surface area (Å²) in [6.07, 6.45) is 2.10. The summed E-state index contributed by atoms with van der Waals surface area (Å²) in [5.41, 5.74) is 0. The molecule has 0 spiro atoms. The number of carboxylic acid groups (broad SMARTS) is 1. The van der Waals surface area contributed by atoms with Crippen LogP contribution in [0.4, 0.5) is 0 Å². The first kappa shape index (κ1) is 13.8. The van der Waals surface area contributed by atoms with E-state index in [-0.39, 0.29) is 12.1 Å². The van der Waals surface area contributed by atoms with Crippen LogP contribution < -0.4 is 0 Å². The Bertz CT molecular complexity index is 436. The van der Waals surface area contributed by atoms with E-state index in [1.807, 2.05) is 6.92 Å². The molecule has 0 bridgehead atoms. The molecule has 3 unspecified atom stereocenters. The quantitative estimate of drug-likeness (QED) is 0.782. The number of carbonyl (C=O) groups is 1. The minimum Gasteiger partial charge on any atom is -0.480 e. The van der Waals surface area contributed by atoms with Gasteiger partial charge in [0.1, 0.15) is 0 Å². The van der Waals surface area contributed by atoms with Gasteiger partial charge in [-0.25, -0.2) is 8.42 Å². The maximum Gasteiger partial charge on any atom is 0.323 e. The Balaban J connectivity index is 2.19. The average Bonchev–Trinajstić information content (AvgIpc) is 2.73. The van der Waals surface area contributed by atoms with Crippen molar-refractivity contribution in [2.24, 2.45) is 0 Å². The Morgan fingerprint density at radius 1 is 1.39 bits per heavy atom. The second kappa shape index (κ2) is 4.79. The van der Waals surface area contributed by atoms with Crippen molar-refractivity contribution in [3.8, 4) is 0 Å². The summed E-state index contributed by atoms with van der Waals surface area (Å²) < 4.78 is 25.9. The van der Waals surface area contributed by atoms with Gasteiger partial charge < -0.3 is 5.11 Å². The number of carboxylic acids is 1. The van der Waals surface area contributed by atoms with Gasteiger partial charge in [0.05, 0.1) is 0 Å². The van der Waals surface area contributed by atoms with Crippen LogP contribution in [0.1, 0.15) is 26.7 Å². The molecule has 0 saturated carbocycles. The van der Waals surface area contributed by atoms with Crippen LogP contribution in [-0.4, -0.2) is 65.7 Å². The number of rotatable bonds is 3. The van der Waals surface area contributed by atoms with Crippen molar-refractivity contribution >= 4 is 16.0 Å². The normalized spacial score (nSPS) is 32.1. The van der Waals surface area contributed by atoms with Crippen molar-refractivity contribution in [3.05, 3.63) is 0 Å². The lowest BCUT2D eigenvalue weighted by atomic mass is 10.1. The fourth-order valence-corrected chi connectivity index (χ4v) is 4.45. The van der Waals surface area contributed by atoms with E-state index in [1.165, 1.54) is 11.2 Å². The molecule has 0 aliphatic carbocycles. The predicted molar refractivity (Wildman–Crippen MR) is 66.8 cm³/mol. The van der Waals surface area contributed by atoms with Crippen LogP contribution in [0.5, 0.6) is 0 Å². The SMILES string of the molecule is CC1CN2CCCC2CN1S(=O)(=O)C(C)C(=O)O. The summed E-state index contributed by atoms with van der Waals surface area (Å²) in [6, 6.07) is 0.114. The maximum atomic E-state index is 12.3. The van der Waals surface area contributed by atoms with Gasteiger partial charge in [-0.3, -0.25) is 9.69 Å². The van der Waals surface area contributed by atoms with Crippen LogP contribution in [0.25, 0.3) is 0 Å². The van der Waals surface area contributed by atoms with E-state index < -0.39 is 21.2 Å². The molecule has 18 heavy (non-hydrogen) atoms. The topological polar surface area (TPSA) is 77.9 Å². The average molecular weight is 276 g/mol. The van der Waals surface area contributed by atoms with Gasteiger partial charge in [0.2, 0.25) is 10.0 Å². The van der Waals surface area contributed by atoms with Crippen LogP contribution in [-0.2, 0) is 14.8 Å². The largest absolute Gasteiger partial charge is 0.480 e. The number of nitrogens with zero attached hydrogens (tertiary/aromatic N) is 2. The maximum absolute atomic E-state index is 12.3. The van der Waals surface area contributed by atoms with Crippen molar-refractivity contribution < 1.29 is 18.3 Å². The molecule has 0 aromatic rings. The molecule has 6 nitrogen and oxygen atoms in total. The van der Waals surface area contributed by atoms with Gasteiger partial charge in [0, 0.05) is 25.2 Å². The van der Waals surface area contributed by atoms with E-state index in [2.05, 4.69) is 4.90 Å². The predicted octanol–water partition coefficient (Wildman–Crippen LogP) is -0.0422. The number of sulfonamides is 1. The molecule has 0 aromatic carbocycles. The van der Waals surface area contributed by atoms with E-state index in [1.54, 1.807) is 0 Å². The Kier molecular flexibility index (Phi) is 3.66. The Hall–Kier alpha value is -0.660. The second-order valence-electron chi connectivity index (χ2n) is 5.24. The molecule has 2 aliphatic rings. The van der Waals surface area contributed by atoms with Crippen LogP contribution in [0.3, 0.4) is 0 Å². The van der Waals surface area contributed by atoms with E-state index in [4.69, 9.17) is 5.11 Å². The number of aliphatic carboxylic acids is 1. The molecule has 2 aliphatic heterocycles. The third-order valence-electron chi connectivity index (χ3n) is 4.00. The highest BCUT2D eigenvalue weighted by molar-refractivity contribution is 7.90. The first-order chi connectivity index (χ1) is 8.34. The molecule has 2 fully saturated rings. The van der Waals surface area contributed by atoms with Crippen LogP contribution in [0, 0.1) is 0 Å². The van der Waals surface area contributed by atoms with Crippen molar-refractivity contribution in [1.29, 1.82) is 0 Å². The summed E-state index contributed by atoms with van der Waals surface area (Å²) in [7, 11) is -3.74. The third kappa shape index (κ3) is 2.26. The van der Waals surface area contributed by atoms with Crippen LogP contribution >= 0.6 is 0 Å². The molecule has 2 rings (SSSR count). The zero-order valence-electron chi connectivity index (χ0n) is 10.7. The van der Waals surface area contributed by atoms with Crippen LogP contribution in [0.15, 0.2) is 0 Å². The molecule has 1 N–H and O–H groups in total. The highest BCUT2D eigenvalue weighted by atomic mass is 32.2. The molecular weight excluding hydrogens is 256 g/mol. The molecule has 2 heterocycles. The molecule has 2 saturated heterocycles.